The normalized spacial score (nSPS) is 17.7. The zero-order chi connectivity index (χ0) is 14.0. The van der Waals surface area contributed by atoms with Crippen LogP contribution >= 0.6 is 0 Å². The van der Waals surface area contributed by atoms with Crippen molar-refractivity contribution < 1.29 is 14.3 Å². The molecule has 1 aliphatic rings. The molecular formula is C14H18N2O3. The molecule has 1 aliphatic heterocycles. The Balaban J connectivity index is 2.18. The van der Waals surface area contributed by atoms with Gasteiger partial charge in [0.2, 0.25) is 5.91 Å². The summed E-state index contributed by atoms with van der Waals surface area (Å²) in [4.78, 5) is 26.9. The number of carbonyl (C=O) groups excluding carboxylic acids is 2. The minimum Gasteiger partial charge on any atom is -0.479 e. The number of hydrogen-bond acceptors (Lipinski definition) is 3. The molecule has 0 radical (unpaired) electrons. The lowest BCUT2D eigenvalue weighted by Crippen LogP contribution is -2.45. The molecule has 1 atom stereocenters. The van der Waals surface area contributed by atoms with Crippen molar-refractivity contribution >= 4 is 17.5 Å². The molecule has 2 rings (SSSR count). The van der Waals surface area contributed by atoms with Crippen molar-refractivity contribution in [3.05, 3.63) is 24.3 Å². The Labute approximate surface area is 112 Å². The molecule has 1 aromatic rings. The number of fused-ring (bicyclic) bond motifs is 1. The quantitative estimate of drug-likeness (QED) is 0.824. The summed E-state index contributed by atoms with van der Waals surface area (Å²) in [7, 11) is 3.42. The van der Waals surface area contributed by atoms with E-state index in [0.29, 0.717) is 18.7 Å². The first-order chi connectivity index (χ1) is 9.00. The van der Waals surface area contributed by atoms with Crippen LogP contribution in [-0.2, 0) is 9.59 Å². The fourth-order valence-corrected chi connectivity index (χ4v) is 2.02. The van der Waals surface area contributed by atoms with Crippen LogP contribution < -0.4 is 9.64 Å². The maximum Gasteiger partial charge on any atom is 0.267 e. The van der Waals surface area contributed by atoms with Crippen LogP contribution in [0.5, 0.6) is 5.75 Å². The van der Waals surface area contributed by atoms with Gasteiger partial charge in [-0.1, -0.05) is 12.1 Å². The third-order valence-electron chi connectivity index (χ3n) is 3.12. The number of para-hydroxylation sites is 2. The van der Waals surface area contributed by atoms with Crippen molar-refractivity contribution in [1.82, 2.24) is 4.90 Å². The Morgan fingerprint density at radius 3 is 2.74 bits per heavy atom. The van der Waals surface area contributed by atoms with E-state index >= 15 is 0 Å². The minimum atomic E-state index is -0.510. The molecular weight excluding hydrogens is 244 g/mol. The number of carbonyl (C=O) groups is 2. The second-order valence-electron chi connectivity index (χ2n) is 4.76. The lowest BCUT2D eigenvalue weighted by molar-refractivity contribution is -0.128. The van der Waals surface area contributed by atoms with Gasteiger partial charge >= 0.3 is 0 Å². The lowest BCUT2D eigenvalue weighted by atomic mass is 10.1. The third-order valence-corrected chi connectivity index (χ3v) is 3.12. The van der Waals surface area contributed by atoms with E-state index in [4.69, 9.17) is 4.74 Å². The average Bonchev–Trinajstić information content (AvgIpc) is 2.39. The number of benzene rings is 1. The maximum absolute atomic E-state index is 12.1. The molecule has 1 aromatic carbocycles. The molecule has 102 valence electrons. The van der Waals surface area contributed by atoms with Gasteiger partial charge in [-0.2, -0.15) is 0 Å². The standard InChI is InChI=1S/C14H18N2O3/c1-10-14(18)16(9-8-13(17)15(2)3)11-6-4-5-7-12(11)19-10/h4-7,10H,8-9H2,1-3H3. The largest absolute Gasteiger partial charge is 0.479 e. The second-order valence-corrected chi connectivity index (χ2v) is 4.76. The van der Waals surface area contributed by atoms with Crippen molar-refractivity contribution in [3.63, 3.8) is 0 Å². The molecule has 0 saturated carbocycles. The highest BCUT2D eigenvalue weighted by molar-refractivity contribution is 6.00. The summed E-state index contributed by atoms with van der Waals surface area (Å²) >= 11 is 0. The fraction of sp³-hybridized carbons (Fsp3) is 0.429. The number of hydrogen-bond donors (Lipinski definition) is 0. The Morgan fingerprint density at radius 2 is 2.05 bits per heavy atom. The number of amides is 2. The number of anilines is 1. The van der Waals surface area contributed by atoms with Gasteiger partial charge in [-0.25, -0.2) is 0 Å². The summed E-state index contributed by atoms with van der Waals surface area (Å²) in [6.45, 7) is 2.10. The van der Waals surface area contributed by atoms with Crippen molar-refractivity contribution in [1.29, 1.82) is 0 Å². The molecule has 19 heavy (non-hydrogen) atoms. The van der Waals surface area contributed by atoms with Crippen molar-refractivity contribution in [2.75, 3.05) is 25.5 Å². The molecule has 0 N–H and O–H groups in total. The molecule has 5 nitrogen and oxygen atoms in total. The highest BCUT2D eigenvalue weighted by atomic mass is 16.5. The van der Waals surface area contributed by atoms with Gasteiger partial charge in [0.25, 0.3) is 5.91 Å². The molecule has 5 heteroatoms. The molecule has 2 amide bonds. The highest BCUT2D eigenvalue weighted by Crippen LogP contribution is 2.33. The zero-order valence-electron chi connectivity index (χ0n) is 11.4. The fourth-order valence-electron chi connectivity index (χ4n) is 2.02. The van der Waals surface area contributed by atoms with Gasteiger partial charge in [0.15, 0.2) is 6.10 Å². The van der Waals surface area contributed by atoms with Gasteiger partial charge in [0.1, 0.15) is 5.75 Å². The number of nitrogens with zero attached hydrogens (tertiary/aromatic N) is 2. The monoisotopic (exact) mass is 262 g/mol. The van der Waals surface area contributed by atoms with E-state index in [0.717, 1.165) is 5.69 Å². The first-order valence-electron chi connectivity index (χ1n) is 6.28. The van der Waals surface area contributed by atoms with Gasteiger partial charge in [-0.05, 0) is 19.1 Å². The van der Waals surface area contributed by atoms with Crippen molar-refractivity contribution in [2.24, 2.45) is 0 Å². The van der Waals surface area contributed by atoms with Crippen LogP contribution in [0.4, 0.5) is 5.69 Å². The van der Waals surface area contributed by atoms with Crippen LogP contribution in [0.15, 0.2) is 24.3 Å². The molecule has 0 spiro atoms. The zero-order valence-corrected chi connectivity index (χ0v) is 11.4. The smallest absolute Gasteiger partial charge is 0.267 e. The van der Waals surface area contributed by atoms with Gasteiger partial charge in [-0.3, -0.25) is 9.59 Å². The summed E-state index contributed by atoms with van der Waals surface area (Å²) in [5, 5.41) is 0. The van der Waals surface area contributed by atoms with Gasteiger partial charge < -0.3 is 14.5 Å². The first-order valence-corrected chi connectivity index (χ1v) is 6.28. The maximum atomic E-state index is 12.1. The molecule has 0 bridgehead atoms. The summed E-state index contributed by atoms with van der Waals surface area (Å²) in [6.07, 6.45) is -0.205. The second kappa shape index (κ2) is 5.30. The van der Waals surface area contributed by atoms with E-state index in [2.05, 4.69) is 0 Å². The molecule has 1 unspecified atom stereocenters. The first kappa shape index (κ1) is 13.4. The van der Waals surface area contributed by atoms with Gasteiger partial charge in [0, 0.05) is 27.1 Å². The SMILES string of the molecule is CC1Oc2ccccc2N(CCC(=O)N(C)C)C1=O. The summed E-state index contributed by atoms with van der Waals surface area (Å²) in [5.41, 5.74) is 0.733. The molecule has 0 fully saturated rings. The molecule has 0 aliphatic carbocycles. The van der Waals surface area contributed by atoms with Crippen LogP contribution in [0, 0.1) is 0 Å². The summed E-state index contributed by atoms with van der Waals surface area (Å²) in [5.74, 6) is 0.585. The predicted octanol–water partition coefficient (Wildman–Crippen LogP) is 1.28. The minimum absolute atomic E-state index is 0.00410. The van der Waals surface area contributed by atoms with Crippen LogP contribution in [0.1, 0.15) is 13.3 Å². The summed E-state index contributed by atoms with van der Waals surface area (Å²) in [6, 6.07) is 7.38. The third kappa shape index (κ3) is 2.70. The Kier molecular flexibility index (Phi) is 3.74. The predicted molar refractivity (Wildman–Crippen MR) is 72.2 cm³/mol. The number of rotatable bonds is 3. The Morgan fingerprint density at radius 1 is 1.37 bits per heavy atom. The van der Waals surface area contributed by atoms with Gasteiger partial charge in [-0.15, -0.1) is 0 Å². The van der Waals surface area contributed by atoms with Crippen LogP contribution in [0.2, 0.25) is 0 Å². The Bertz CT molecular complexity index is 499. The van der Waals surface area contributed by atoms with Crippen molar-refractivity contribution in [2.45, 2.75) is 19.4 Å². The molecule has 1 heterocycles. The molecule has 0 aromatic heterocycles. The van der Waals surface area contributed by atoms with Crippen LogP contribution in [0.25, 0.3) is 0 Å². The van der Waals surface area contributed by atoms with Crippen LogP contribution in [0.3, 0.4) is 0 Å². The Hall–Kier alpha value is -2.04. The van der Waals surface area contributed by atoms with E-state index in [1.54, 1.807) is 25.9 Å². The average molecular weight is 262 g/mol. The van der Waals surface area contributed by atoms with E-state index in [1.807, 2.05) is 24.3 Å². The lowest BCUT2D eigenvalue weighted by Gasteiger charge is -2.33. The van der Waals surface area contributed by atoms with E-state index in [1.165, 1.54) is 4.90 Å². The van der Waals surface area contributed by atoms with Crippen molar-refractivity contribution in [3.8, 4) is 5.75 Å². The van der Waals surface area contributed by atoms with E-state index in [-0.39, 0.29) is 11.8 Å². The van der Waals surface area contributed by atoms with Crippen LogP contribution in [-0.4, -0.2) is 43.5 Å². The topological polar surface area (TPSA) is 49.9 Å². The van der Waals surface area contributed by atoms with E-state index < -0.39 is 6.10 Å². The molecule has 0 saturated heterocycles. The van der Waals surface area contributed by atoms with E-state index in [9.17, 15) is 9.59 Å². The highest BCUT2D eigenvalue weighted by Gasteiger charge is 2.31. The number of ether oxygens (including phenoxy) is 1. The summed E-state index contributed by atoms with van der Waals surface area (Å²) < 4.78 is 5.54. The van der Waals surface area contributed by atoms with Gasteiger partial charge in [0.05, 0.1) is 5.69 Å².